The second-order valence-corrected chi connectivity index (χ2v) is 7.69. The van der Waals surface area contributed by atoms with Crippen molar-refractivity contribution in [2.45, 2.75) is 25.1 Å². The molecular formula is C21H22F3N5O3. The van der Waals surface area contributed by atoms with E-state index in [1.165, 1.54) is 24.5 Å². The summed E-state index contributed by atoms with van der Waals surface area (Å²) in [6.07, 6.45) is -0.865. The van der Waals surface area contributed by atoms with Crippen molar-refractivity contribution in [3.63, 3.8) is 0 Å². The third kappa shape index (κ3) is 4.07. The number of morpholine rings is 1. The van der Waals surface area contributed by atoms with E-state index in [2.05, 4.69) is 15.3 Å². The number of anilines is 2. The lowest BCUT2D eigenvalue weighted by atomic mass is 9.98. The summed E-state index contributed by atoms with van der Waals surface area (Å²) in [7, 11) is 0. The average molecular weight is 449 g/mol. The van der Waals surface area contributed by atoms with Crippen LogP contribution in [0.25, 0.3) is 5.57 Å². The summed E-state index contributed by atoms with van der Waals surface area (Å²) in [5.74, 6) is -0.300. The molecule has 1 saturated heterocycles. The first-order chi connectivity index (χ1) is 15.2. The number of hydrogen-bond donors (Lipinski definition) is 2. The third-order valence-electron chi connectivity index (χ3n) is 5.46. The van der Waals surface area contributed by atoms with Crippen molar-refractivity contribution in [3.8, 4) is 5.75 Å². The molecule has 1 amide bonds. The Morgan fingerprint density at radius 3 is 2.56 bits per heavy atom. The van der Waals surface area contributed by atoms with Gasteiger partial charge in [-0.1, -0.05) is 0 Å². The van der Waals surface area contributed by atoms with E-state index in [4.69, 9.17) is 15.2 Å². The Kier molecular flexibility index (Phi) is 5.68. The fourth-order valence-corrected chi connectivity index (χ4v) is 3.69. The molecule has 0 spiro atoms. The van der Waals surface area contributed by atoms with Crippen molar-refractivity contribution in [2.75, 3.05) is 36.5 Å². The van der Waals surface area contributed by atoms with E-state index in [1.807, 2.05) is 4.90 Å². The normalized spacial score (nSPS) is 21.1. The highest BCUT2D eigenvalue weighted by Gasteiger charge is 2.57. The van der Waals surface area contributed by atoms with Crippen molar-refractivity contribution < 1.29 is 27.4 Å². The second-order valence-electron chi connectivity index (χ2n) is 7.69. The van der Waals surface area contributed by atoms with Gasteiger partial charge >= 0.3 is 6.18 Å². The van der Waals surface area contributed by atoms with Gasteiger partial charge in [-0.25, -0.2) is 9.97 Å². The Hall–Kier alpha value is -3.34. The average Bonchev–Trinajstić information content (AvgIpc) is 3.11. The fraction of sp³-hybridized carbons (Fsp3) is 0.381. The molecule has 32 heavy (non-hydrogen) atoms. The number of amides is 1. The van der Waals surface area contributed by atoms with E-state index in [0.717, 1.165) is 13.1 Å². The predicted molar refractivity (Wildman–Crippen MR) is 111 cm³/mol. The van der Waals surface area contributed by atoms with Crippen molar-refractivity contribution in [3.05, 3.63) is 48.2 Å². The number of carbonyl (C=O) groups excluding carboxylic acids is 1. The number of fused-ring (bicyclic) bond motifs is 1. The zero-order valence-electron chi connectivity index (χ0n) is 17.3. The first kappa shape index (κ1) is 21.9. The molecule has 0 unspecified atom stereocenters. The number of aromatic nitrogens is 2. The van der Waals surface area contributed by atoms with Gasteiger partial charge in [-0.2, -0.15) is 13.2 Å². The molecule has 8 nitrogen and oxygen atoms in total. The first-order valence-electron chi connectivity index (χ1n) is 9.98. The topological polar surface area (TPSA) is 103 Å². The minimum absolute atomic E-state index is 0.0374. The predicted octanol–water partition coefficient (Wildman–Crippen LogP) is 2.51. The third-order valence-corrected chi connectivity index (χ3v) is 5.46. The number of carbonyl (C=O) groups is 1. The highest BCUT2D eigenvalue weighted by atomic mass is 19.4. The van der Waals surface area contributed by atoms with Crippen LogP contribution < -0.4 is 20.7 Å². The fourth-order valence-electron chi connectivity index (χ4n) is 3.69. The highest BCUT2D eigenvalue weighted by Crippen LogP contribution is 2.47. The standard InChI is InChI=1S/C21H22F3N5O3/c1-20(21(22,23)24)11-13-9-15(16(10-17(13)32-20)29-5-7-31-8-6-29)28-19(30)14(12-25)18-26-3-2-4-27-18/h2-4,9-10,12H,5-8,11,25H2,1H3,(H,28,30)/t20-/m0/s1. The molecule has 2 aliphatic rings. The van der Waals surface area contributed by atoms with Crippen molar-refractivity contribution in [1.82, 2.24) is 9.97 Å². The summed E-state index contributed by atoms with van der Waals surface area (Å²) in [4.78, 5) is 23.0. The maximum absolute atomic E-state index is 13.6. The molecule has 0 saturated carbocycles. The van der Waals surface area contributed by atoms with Crippen LogP contribution in [0.3, 0.4) is 0 Å². The van der Waals surface area contributed by atoms with Gasteiger partial charge in [0, 0.05) is 49.7 Å². The zero-order chi connectivity index (χ0) is 22.9. The van der Waals surface area contributed by atoms with Crippen LogP contribution in [-0.2, 0) is 16.0 Å². The Balaban J connectivity index is 1.69. The Morgan fingerprint density at radius 1 is 1.25 bits per heavy atom. The summed E-state index contributed by atoms with van der Waals surface area (Å²) in [6, 6.07) is 4.66. The van der Waals surface area contributed by atoms with E-state index in [1.54, 1.807) is 6.07 Å². The van der Waals surface area contributed by atoms with E-state index in [-0.39, 0.29) is 23.6 Å². The largest absolute Gasteiger partial charge is 0.477 e. The summed E-state index contributed by atoms with van der Waals surface area (Å²) in [6.45, 7) is 2.95. The Morgan fingerprint density at radius 2 is 1.94 bits per heavy atom. The highest BCUT2D eigenvalue weighted by molar-refractivity contribution is 6.24. The second kappa shape index (κ2) is 8.30. The number of halogens is 3. The lowest BCUT2D eigenvalue weighted by molar-refractivity contribution is -0.235. The monoisotopic (exact) mass is 449 g/mol. The van der Waals surface area contributed by atoms with Crippen LogP contribution in [0.15, 0.2) is 36.8 Å². The minimum Gasteiger partial charge on any atom is -0.477 e. The molecule has 1 aromatic heterocycles. The quantitative estimate of drug-likeness (QED) is 0.692. The molecule has 2 aromatic rings. The SMILES string of the molecule is C[C@@]1(C(F)(F)F)Cc2cc(NC(=O)C(=CN)c3ncccn3)c(N3CCOCC3)cc2O1. The van der Waals surface area contributed by atoms with Crippen molar-refractivity contribution in [2.24, 2.45) is 5.73 Å². The molecule has 4 rings (SSSR count). The number of nitrogens with two attached hydrogens (primary N) is 1. The van der Waals surface area contributed by atoms with Gasteiger partial charge < -0.3 is 25.4 Å². The number of benzene rings is 1. The summed E-state index contributed by atoms with van der Waals surface area (Å²) in [5, 5.41) is 2.77. The molecule has 2 aliphatic heterocycles. The van der Waals surface area contributed by atoms with Gasteiger partial charge in [-0.15, -0.1) is 0 Å². The number of rotatable bonds is 4. The van der Waals surface area contributed by atoms with Gasteiger partial charge in [0.1, 0.15) is 5.75 Å². The van der Waals surface area contributed by atoms with E-state index in [9.17, 15) is 18.0 Å². The lowest BCUT2D eigenvalue weighted by Crippen LogP contribution is -2.46. The number of alkyl halides is 3. The maximum atomic E-state index is 13.6. The van der Waals surface area contributed by atoms with Crippen LogP contribution in [0.1, 0.15) is 18.3 Å². The van der Waals surface area contributed by atoms with Gasteiger partial charge in [0.15, 0.2) is 5.82 Å². The molecule has 3 N–H and O–H groups in total. The zero-order valence-corrected chi connectivity index (χ0v) is 17.3. The molecule has 0 radical (unpaired) electrons. The van der Waals surface area contributed by atoms with Crippen LogP contribution in [0.5, 0.6) is 5.75 Å². The van der Waals surface area contributed by atoms with Gasteiger partial charge in [0.25, 0.3) is 5.91 Å². The van der Waals surface area contributed by atoms with Crippen molar-refractivity contribution >= 4 is 22.9 Å². The summed E-state index contributed by atoms with van der Waals surface area (Å²) in [5.41, 5.74) is 4.58. The molecule has 11 heteroatoms. The van der Waals surface area contributed by atoms with Crippen LogP contribution in [-0.4, -0.2) is 54.0 Å². The molecule has 3 heterocycles. The van der Waals surface area contributed by atoms with Crippen LogP contribution in [0, 0.1) is 0 Å². The number of ether oxygens (including phenoxy) is 2. The Bertz CT molecular complexity index is 1040. The van der Waals surface area contributed by atoms with E-state index < -0.39 is 17.7 Å². The molecule has 1 aromatic carbocycles. The van der Waals surface area contributed by atoms with E-state index >= 15 is 0 Å². The molecule has 1 atom stereocenters. The number of hydrogen-bond acceptors (Lipinski definition) is 7. The summed E-state index contributed by atoms with van der Waals surface area (Å²) < 4.78 is 51.4. The van der Waals surface area contributed by atoms with E-state index in [0.29, 0.717) is 43.2 Å². The molecule has 0 aliphatic carbocycles. The maximum Gasteiger partial charge on any atom is 0.428 e. The molecule has 0 bridgehead atoms. The number of nitrogens with one attached hydrogen (secondary N) is 1. The molecule has 170 valence electrons. The smallest absolute Gasteiger partial charge is 0.428 e. The first-order valence-corrected chi connectivity index (χ1v) is 9.98. The lowest BCUT2D eigenvalue weighted by Gasteiger charge is -2.31. The van der Waals surface area contributed by atoms with Gasteiger partial charge in [-0.05, 0) is 19.1 Å². The Labute approximate surface area is 182 Å². The van der Waals surface area contributed by atoms with Crippen LogP contribution >= 0.6 is 0 Å². The molecular weight excluding hydrogens is 427 g/mol. The molecule has 1 fully saturated rings. The van der Waals surface area contributed by atoms with Gasteiger partial charge in [-0.3, -0.25) is 4.79 Å². The number of nitrogens with zero attached hydrogens (tertiary/aromatic N) is 3. The van der Waals surface area contributed by atoms with Crippen LogP contribution in [0.4, 0.5) is 24.5 Å². The van der Waals surface area contributed by atoms with Gasteiger partial charge in [0.2, 0.25) is 5.60 Å². The van der Waals surface area contributed by atoms with Crippen molar-refractivity contribution in [1.29, 1.82) is 0 Å². The minimum atomic E-state index is -4.55. The van der Waals surface area contributed by atoms with Gasteiger partial charge in [0.05, 0.1) is 30.2 Å². The summed E-state index contributed by atoms with van der Waals surface area (Å²) >= 11 is 0. The van der Waals surface area contributed by atoms with Crippen LogP contribution in [0.2, 0.25) is 0 Å².